The highest BCUT2D eigenvalue weighted by molar-refractivity contribution is 5.79. The molecule has 0 radical (unpaired) electrons. The van der Waals surface area contributed by atoms with E-state index in [9.17, 15) is 4.79 Å². The molecule has 25 heavy (non-hydrogen) atoms. The van der Waals surface area contributed by atoms with Gasteiger partial charge in [0.1, 0.15) is 0 Å². The average molecular weight is 345 g/mol. The van der Waals surface area contributed by atoms with Crippen LogP contribution in [0.2, 0.25) is 0 Å². The summed E-state index contributed by atoms with van der Waals surface area (Å²) in [5.41, 5.74) is 1.31. The van der Waals surface area contributed by atoms with E-state index in [1.807, 2.05) is 13.2 Å². The van der Waals surface area contributed by atoms with E-state index in [0.29, 0.717) is 29.8 Å². The Bertz CT molecular complexity index is 574. The number of fused-ring (bicyclic) bond motifs is 1. The number of hydrogen-bond acceptors (Lipinski definition) is 4. The molecule has 6 unspecified atom stereocenters. The Morgan fingerprint density at radius 1 is 1.24 bits per heavy atom. The highest BCUT2D eigenvalue weighted by atomic mass is 16.3. The molecular formula is C20H31N3O2. The zero-order chi connectivity index (χ0) is 17.2. The molecule has 4 rings (SSSR count). The van der Waals surface area contributed by atoms with E-state index in [0.717, 1.165) is 26.1 Å². The van der Waals surface area contributed by atoms with Crippen molar-refractivity contribution in [3.8, 4) is 0 Å². The van der Waals surface area contributed by atoms with Gasteiger partial charge in [0, 0.05) is 24.9 Å². The molecule has 5 heteroatoms. The summed E-state index contributed by atoms with van der Waals surface area (Å²) in [6.07, 6.45) is 10.0. The van der Waals surface area contributed by atoms with Gasteiger partial charge < -0.3 is 20.4 Å². The quantitative estimate of drug-likeness (QED) is 0.784. The summed E-state index contributed by atoms with van der Waals surface area (Å²) in [7, 11) is 0. The van der Waals surface area contributed by atoms with Crippen molar-refractivity contribution in [1.82, 2.24) is 16.0 Å². The first-order valence-corrected chi connectivity index (χ1v) is 10.0. The number of amides is 1. The number of rotatable bonds is 4. The van der Waals surface area contributed by atoms with Crippen LogP contribution in [0.5, 0.6) is 0 Å². The molecule has 3 N–H and O–H groups in total. The maximum absolute atomic E-state index is 12.6. The van der Waals surface area contributed by atoms with E-state index >= 15 is 0 Å². The fourth-order valence-electron chi connectivity index (χ4n) is 5.56. The van der Waals surface area contributed by atoms with Crippen LogP contribution in [0, 0.1) is 23.7 Å². The minimum Gasteiger partial charge on any atom is -0.472 e. The number of furan rings is 1. The number of hydrogen-bond donors (Lipinski definition) is 3. The Morgan fingerprint density at radius 2 is 2.08 bits per heavy atom. The lowest BCUT2D eigenvalue weighted by atomic mass is 9.67. The summed E-state index contributed by atoms with van der Waals surface area (Å²) in [5.74, 6) is 2.73. The molecule has 1 aromatic heterocycles. The van der Waals surface area contributed by atoms with Gasteiger partial charge in [0.05, 0.1) is 18.7 Å². The average Bonchev–Trinajstić information content (AvgIpc) is 3.30. The molecular weight excluding hydrogens is 314 g/mol. The van der Waals surface area contributed by atoms with Crippen molar-refractivity contribution in [1.29, 1.82) is 0 Å². The first-order valence-electron chi connectivity index (χ1n) is 10.0. The first-order chi connectivity index (χ1) is 12.3. The minimum atomic E-state index is 0.207. The Hall–Kier alpha value is -1.33. The van der Waals surface area contributed by atoms with Crippen LogP contribution in [0.1, 0.15) is 50.5 Å². The molecule has 5 nitrogen and oxygen atoms in total. The van der Waals surface area contributed by atoms with E-state index in [4.69, 9.17) is 4.42 Å². The van der Waals surface area contributed by atoms with Gasteiger partial charge in [-0.15, -0.1) is 0 Å². The van der Waals surface area contributed by atoms with Gasteiger partial charge in [-0.05, 0) is 62.1 Å². The summed E-state index contributed by atoms with van der Waals surface area (Å²) in [6, 6.07) is 2.11. The maximum Gasteiger partial charge on any atom is 0.223 e. The molecule has 138 valence electrons. The van der Waals surface area contributed by atoms with Gasteiger partial charge in [-0.2, -0.15) is 0 Å². The zero-order valence-electron chi connectivity index (χ0n) is 15.2. The van der Waals surface area contributed by atoms with E-state index in [1.54, 1.807) is 6.26 Å². The highest BCUT2D eigenvalue weighted by Crippen LogP contribution is 2.44. The summed E-state index contributed by atoms with van der Waals surface area (Å²) in [5, 5.41) is 10.5. The van der Waals surface area contributed by atoms with Crippen molar-refractivity contribution in [2.75, 3.05) is 19.6 Å². The molecule has 0 aromatic carbocycles. The van der Waals surface area contributed by atoms with Gasteiger partial charge in [0.25, 0.3) is 0 Å². The van der Waals surface area contributed by atoms with Crippen molar-refractivity contribution in [2.24, 2.45) is 23.7 Å². The largest absolute Gasteiger partial charge is 0.472 e. The lowest BCUT2D eigenvalue weighted by Gasteiger charge is -2.42. The molecule has 0 bridgehead atoms. The fourth-order valence-corrected chi connectivity index (χ4v) is 5.56. The second-order valence-corrected chi connectivity index (χ2v) is 8.07. The van der Waals surface area contributed by atoms with Gasteiger partial charge in [-0.1, -0.05) is 12.8 Å². The van der Waals surface area contributed by atoms with Crippen LogP contribution < -0.4 is 16.0 Å². The summed E-state index contributed by atoms with van der Waals surface area (Å²) >= 11 is 0. The topological polar surface area (TPSA) is 66.3 Å². The Labute approximate surface area is 150 Å². The van der Waals surface area contributed by atoms with Crippen molar-refractivity contribution in [2.45, 2.75) is 51.1 Å². The van der Waals surface area contributed by atoms with Gasteiger partial charge in [-0.25, -0.2) is 0 Å². The normalized spacial score (nSPS) is 38.3. The summed E-state index contributed by atoms with van der Waals surface area (Å²) in [4.78, 5) is 12.6. The third-order valence-corrected chi connectivity index (χ3v) is 6.76. The molecule has 3 fully saturated rings. The molecule has 6 atom stereocenters. The lowest BCUT2D eigenvalue weighted by molar-refractivity contribution is -0.129. The second kappa shape index (κ2) is 7.50. The minimum absolute atomic E-state index is 0.207. The van der Waals surface area contributed by atoms with E-state index < -0.39 is 0 Å². The van der Waals surface area contributed by atoms with E-state index in [-0.39, 0.29) is 11.8 Å². The molecule has 2 aliphatic heterocycles. The Kier molecular flexibility index (Phi) is 5.13. The Morgan fingerprint density at radius 3 is 2.88 bits per heavy atom. The van der Waals surface area contributed by atoms with Crippen LogP contribution in [0.25, 0.3) is 0 Å². The van der Waals surface area contributed by atoms with Crippen LogP contribution in [-0.2, 0) is 4.79 Å². The molecule has 3 aliphatic rings. The number of piperidine rings is 1. The zero-order valence-corrected chi connectivity index (χ0v) is 15.2. The van der Waals surface area contributed by atoms with E-state index in [2.05, 4.69) is 22.0 Å². The molecule has 3 heterocycles. The fraction of sp³-hybridized carbons (Fsp3) is 0.750. The maximum atomic E-state index is 12.6. The van der Waals surface area contributed by atoms with Crippen molar-refractivity contribution in [3.05, 3.63) is 24.2 Å². The van der Waals surface area contributed by atoms with Crippen LogP contribution in [0.15, 0.2) is 23.0 Å². The van der Waals surface area contributed by atoms with Crippen molar-refractivity contribution < 1.29 is 9.21 Å². The predicted molar refractivity (Wildman–Crippen MR) is 97.0 cm³/mol. The first kappa shape index (κ1) is 17.1. The lowest BCUT2D eigenvalue weighted by Crippen LogP contribution is -2.52. The third kappa shape index (κ3) is 3.36. The number of nitrogens with one attached hydrogen (secondary N) is 3. The van der Waals surface area contributed by atoms with Crippen LogP contribution in [0.3, 0.4) is 0 Å². The van der Waals surface area contributed by atoms with Crippen LogP contribution in [0.4, 0.5) is 0 Å². The third-order valence-electron chi connectivity index (χ3n) is 6.76. The van der Waals surface area contributed by atoms with Gasteiger partial charge >= 0.3 is 0 Å². The highest BCUT2D eigenvalue weighted by Gasteiger charge is 2.45. The van der Waals surface area contributed by atoms with E-state index in [1.165, 1.54) is 31.2 Å². The van der Waals surface area contributed by atoms with Crippen molar-refractivity contribution >= 4 is 5.91 Å². The molecule has 2 saturated heterocycles. The molecule has 1 amide bonds. The van der Waals surface area contributed by atoms with Gasteiger partial charge in [0.2, 0.25) is 5.91 Å². The second-order valence-electron chi connectivity index (χ2n) is 8.07. The van der Waals surface area contributed by atoms with Gasteiger partial charge in [0.15, 0.2) is 0 Å². The predicted octanol–water partition coefficient (Wildman–Crippen LogP) is 2.46. The number of carbonyl (C=O) groups excluding carboxylic acids is 1. The molecule has 1 aromatic rings. The molecule has 1 saturated carbocycles. The number of carbonyl (C=O) groups is 1. The summed E-state index contributed by atoms with van der Waals surface area (Å²) in [6.45, 7) is 4.80. The molecule has 0 spiro atoms. The van der Waals surface area contributed by atoms with Crippen LogP contribution >= 0.6 is 0 Å². The SMILES string of the molecule is CCNC(=O)C1CCCCC1C1CNC2NCC(c3ccoc3)C2C1. The smallest absolute Gasteiger partial charge is 0.223 e. The van der Waals surface area contributed by atoms with Crippen LogP contribution in [-0.4, -0.2) is 31.7 Å². The van der Waals surface area contributed by atoms with Gasteiger partial charge in [-0.3, -0.25) is 4.79 Å². The monoisotopic (exact) mass is 345 g/mol. The molecule has 1 aliphatic carbocycles. The van der Waals surface area contributed by atoms with Crippen molar-refractivity contribution in [3.63, 3.8) is 0 Å². The standard InChI is InChI=1S/C20H31N3O2/c1-2-21-20(24)16-6-4-3-5-15(16)14-9-17-18(13-7-8-25-12-13)11-23-19(17)22-10-14/h7-8,12,14-19,22-23H,2-6,9-11H2,1H3,(H,21,24). The Balaban J connectivity index is 1.48. The summed E-state index contributed by atoms with van der Waals surface area (Å²) < 4.78 is 5.32.